The molecule has 1 aliphatic carbocycles. The average molecular weight is 552 g/mol. The number of allylic oxidation sites excluding steroid dienone is 5. The molecule has 2 heterocycles. The number of carboxylic acids is 1. The van der Waals surface area contributed by atoms with Crippen molar-refractivity contribution in [1.82, 2.24) is 19.6 Å². The summed E-state index contributed by atoms with van der Waals surface area (Å²) in [4.78, 5) is 25.2. The average Bonchev–Trinajstić information content (AvgIpc) is 3.62. The smallest absolute Gasteiger partial charge is 0.335 e. The number of fused-ring (bicyclic) bond motifs is 1. The number of unbranched alkanes of at least 4 members (excludes halogenated alkanes) is 1. The fourth-order valence-corrected chi connectivity index (χ4v) is 5.44. The first kappa shape index (κ1) is 32.9. The lowest BCUT2D eigenvalue weighted by Crippen LogP contribution is -2.16. The highest BCUT2D eigenvalue weighted by atomic mass is 16.4. The van der Waals surface area contributed by atoms with Crippen molar-refractivity contribution in [1.29, 1.82) is 0 Å². The molecule has 1 unspecified atom stereocenters. The van der Waals surface area contributed by atoms with E-state index in [1.165, 1.54) is 18.4 Å². The lowest BCUT2D eigenvalue weighted by atomic mass is 9.82. The number of carboxylic acid groups (broad SMARTS) is 1. The molecule has 220 valence electrons. The molecule has 2 aromatic rings. The van der Waals surface area contributed by atoms with Crippen LogP contribution in [0.1, 0.15) is 109 Å². The van der Waals surface area contributed by atoms with Crippen LogP contribution in [0.3, 0.4) is 0 Å². The summed E-state index contributed by atoms with van der Waals surface area (Å²) in [5.74, 6) is 0.258. The molecular weight excluding hydrogens is 502 g/mol. The van der Waals surface area contributed by atoms with Crippen LogP contribution in [0.5, 0.6) is 0 Å². The van der Waals surface area contributed by atoms with Gasteiger partial charge in [0.05, 0.1) is 5.57 Å². The minimum Gasteiger partial charge on any atom is -0.512 e. The van der Waals surface area contributed by atoms with Crippen LogP contribution in [0.15, 0.2) is 45.8 Å². The largest absolute Gasteiger partial charge is 0.512 e. The molecule has 40 heavy (non-hydrogen) atoms. The van der Waals surface area contributed by atoms with Crippen LogP contribution in [0.4, 0.5) is 0 Å². The third-order valence-corrected chi connectivity index (χ3v) is 7.54. The molecule has 3 rings (SSSR count). The van der Waals surface area contributed by atoms with Crippen molar-refractivity contribution in [3.05, 3.63) is 58.0 Å². The number of hydrogen-bond acceptors (Lipinski definition) is 6. The first-order chi connectivity index (χ1) is 19.2. The lowest BCUT2D eigenvalue weighted by Gasteiger charge is -2.24. The number of rotatable bonds is 14. The molecule has 8 nitrogen and oxygen atoms in total. The van der Waals surface area contributed by atoms with E-state index in [0.29, 0.717) is 23.9 Å². The Morgan fingerprint density at radius 3 is 2.50 bits per heavy atom. The van der Waals surface area contributed by atoms with E-state index in [1.807, 2.05) is 33.8 Å². The highest BCUT2D eigenvalue weighted by molar-refractivity contribution is 5.87. The van der Waals surface area contributed by atoms with Crippen molar-refractivity contribution < 1.29 is 15.0 Å². The zero-order valence-electron chi connectivity index (χ0n) is 25.4. The van der Waals surface area contributed by atoms with Gasteiger partial charge in [-0.25, -0.2) is 14.3 Å². The van der Waals surface area contributed by atoms with Crippen molar-refractivity contribution >= 4 is 18.5 Å². The van der Waals surface area contributed by atoms with Gasteiger partial charge in [0.15, 0.2) is 5.82 Å². The van der Waals surface area contributed by atoms with Gasteiger partial charge in [0.1, 0.15) is 5.76 Å². The Labute approximate surface area is 240 Å². The number of carbonyl (C=O) groups is 1. The summed E-state index contributed by atoms with van der Waals surface area (Å²) in [6, 6.07) is 1.90. The van der Waals surface area contributed by atoms with Gasteiger partial charge in [0.2, 0.25) is 0 Å². The second-order valence-electron chi connectivity index (χ2n) is 10.4. The highest BCUT2D eigenvalue weighted by Crippen LogP contribution is 2.38. The van der Waals surface area contributed by atoms with E-state index in [0.717, 1.165) is 62.0 Å². The molecule has 8 heteroatoms. The third-order valence-electron chi connectivity index (χ3n) is 7.54. The summed E-state index contributed by atoms with van der Waals surface area (Å²) in [6.07, 6.45) is 14.0. The number of aliphatic hydroxyl groups excluding tert-OH is 1. The molecule has 0 spiro atoms. The first-order valence-corrected chi connectivity index (χ1v) is 15.0. The zero-order chi connectivity index (χ0) is 29.7. The number of aliphatic imine (C=N–C) groups is 1. The van der Waals surface area contributed by atoms with Gasteiger partial charge >= 0.3 is 5.97 Å². The van der Waals surface area contributed by atoms with E-state index >= 15 is 0 Å². The second-order valence-corrected chi connectivity index (χ2v) is 10.4. The standard InChI is InChI=1S/C30H43N5O3.C2H6/c1-6-8-11-22(17-25(7-2)31-5)14-15-24(23-12-9-10-13-23)18-27(36)26(29(37)38)19-28-33-30-32-20(3)16-21(4)35(30)34-28;1-2/h11,16-17,23-24,36H,5-10,12-15,18-19H2,1-4H3,(H,37,38);1-2H3/b22-11-,25-17-,27-26+;. The van der Waals surface area contributed by atoms with Gasteiger partial charge in [0, 0.05) is 29.9 Å². The van der Waals surface area contributed by atoms with E-state index in [4.69, 9.17) is 0 Å². The second kappa shape index (κ2) is 16.7. The first-order valence-electron chi connectivity index (χ1n) is 15.0. The normalized spacial score (nSPS) is 15.9. The van der Waals surface area contributed by atoms with E-state index in [1.54, 1.807) is 4.52 Å². The summed E-state index contributed by atoms with van der Waals surface area (Å²) in [6.45, 7) is 15.7. The van der Waals surface area contributed by atoms with Gasteiger partial charge in [-0.05, 0) is 70.2 Å². The Balaban J connectivity index is 0.00000274. The Hall–Kier alpha value is -3.29. The summed E-state index contributed by atoms with van der Waals surface area (Å²) in [5, 5.41) is 25.6. The van der Waals surface area contributed by atoms with E-state index in [2.05, 4.69) is 52.8 Å². The Bertz CT molecular complexity index is 1220. The van der Waals surface area contributed by atoms with Crippen molar-refractivity contribution in [2.45, 2.75) is 112 Å². The van der Waals surface area contributed by atoms with Crippen molar-refractivity contribution in [3.8, 4) is 0 Å². The predicted octanol–water partition coefficient (Wildman–Crippen LogP) is 7.90. The van der Waals surface area contributed by atoms with Gasteiger partial charge in [-0.15, -0.1) is 5.10 Å². The van der Waals surface area contributed by atoms with Crippen LogP contribution < -0.4 is 0 Å². The van der Waals surface area contributed by atoms with Crippen LogP contribution in [0, 0.1) is 25.7 Å². The van der Waals surface area contributed by atoms with E-state index in [-0.39, 0.29) is 23.7 Å². The fourth-order valence-electron chi connectivity index (χ4n) is 5.44. The molecule has 1 atom stereocenters. The summed E-state index contributed by atoms with van der Waals surface area (Å²) in [5.41, 5.74) is 3.87. The Morgan fingerprint density at radius 1 is 1.20 bits per heavy atom. The van der Waals surface area contributed by atoms with Gasteiger partial charge in [0.25, 0.3) is 5.78 Å². The number of aromatic nitrogens is 4. The number of aliphatic carboxylic acids is 1. The summed E-state index contributed by atoms with van der Waals surface area (Å²) < 4.78 is 1.61. The van der Waals surface area contributed by atoms with E-state index < -0.39 is 5.97 Å². The Kier molecular flexibility index (Phi) is 13.8. The number of hydrogen-bond donors (Lipinski definition) is 2. The summed E-state index contributed by atoms with van der Waals surface area (Å²) >= 11 is 0. The molecule has 0 amide bonds. The van der Waals surface area contributed by atoms with Crippen LogP contribution >= 0.6 is 0 Å². The number of aryl methyl sites for hydroxylation is 2. The molecule has 0 radical (unpaired) electrons. The molecule has 2 N–H and O–H groups in total. The summed E-state index contributed by atoms with van der Waals surface area (Å²) in [7, 11) is 0. The zero-order valence-corrected chi connectivity index (χ0v) is 25.4. The molecule has 0 saturated heterocycles. The molecule has 1 saturated carbocycles. The quantitative estimate of drug-likeness (QED) is 0.107. The van der Waals surface area contributed by atoms with Gasteiger partial charge < -0.3 is 10.2 Å². The molecule has 1 fully saturated rings. The lowest BCUT2D eigenvalue weighted by molar-refractivity contribution is -0.133. The SMILES string of the molecule is C=N/C(=C\C(=C/CCC)CCC(C/C(O)=C(/Cc1nc2nc(C)cc(C)n2n1)C(=O)O)C1CCCC1)CC.CC. The molecule has 0 aromatic carbocycles. The van der Waals surface area contributed by atoms with Crippen LogP contribution in [0.2, 0.25) is 0 Å². The molecular formula is C32H49N5O3. The van der Waals surface area contributed by atoms with Crippen LogP contribution in [0.25, 0.3) is 5.78 Å². The highest BCUT2D eigenvalue weighted by Gasteiger charge is 2.28. The van der Waals surface area contributed by atoms with Crippen LogP contribution in [-0.2, 0) is 11.2 Å². The van der Waals surface area contributed by atoms with Gasteiger partial charge in [-0.1, -0.05) is 71.4 Å². The van der Waals surface area contributed by atoms with Gasteiger partial charge in [-0.3, -0.25) is 4.99 Å². The maximum Gasteiger partial charge on any atom is 0.335 e. The van der Waals surface area contributed by atoms with Crippen molar-refractivity contribution in [2.75, 3.05) is 0 Å². The fraction of sp³-hybridized carbons (Fsp3) is 0.594. The minimum atomic E-state index is -1.14. The molecule has 0 bridgehead atoms. The van der Waals surface area contributed by atoms with Crippen molar-refractivity contribution in [3.63, 3.8) is 0 Å². The predicted molar refractivity (Wildman–Crippen MR) is 163 cm³/mol. The third kappa shape index (κ3) is 9.42. The van der Waals surface area contributed by atoms with Crippen LogP contribution in [-0.4, -0.2) is 42.5 Å². The van der Waals surface area contributed by atoms with E-state index in [9.17, 15) is 15.0 Å². The maximum atomic E-state index is 12.2. The number of nitrogens with zero attached hydrogens (tertiary/aromatic N) is 5. The molecule has 2 aromatic heterocycles. The molecule has 0 aliphatic heterocycles. The monoisotopic (exact) mass is 551 g/mol. The van der Waals surface area contributed by atoms with Gasteiger partial charge in [-0.2, -0.15) is 4.98 Å². The topological polar surface area (TPSA) is 113 Å². The van der Waals surface area contributed by atoms with Crippen molar-refractivity contribution in [2.24, 2.45) is 16.8 Å². The minimum absolute atomic E-state index is 0.0379. The number of aliphatic hydroxyl groups is 1. The Morgan fingerprint density at radius 2 is 1.90 bits per heavy atom. The maximum absolute atomic E-state index is 12.2. The molecule has 1 aliphatic rings.